The Morgan fingerprint density at radius 2 is 1.73 bits per heavy atom. The van der Waals surface area contributed by atoms with Crippen molar-refractivity contribution in [3.05, 3.63) is 71.9 Å². The number of nitrogens with zero attached hydrogens (tertiary/aromatic N) is 1. The van der Waals surface area contributed by atoms with Crippen molar-refractivity contribution in [3.63, 3.8) is 0 Å². The number of aromatic nitrogens is 1. The number of benzene rings is 2. The van der Waals surface area contributed by atoms with Crippen LogP contribution in [0, 0.1) is 6.92 Å². The maximum Gasteiger partial charge on any atom is 0.258 e. The van der Waals surface area contributed by atoms with E-state index in [1.54, 1.807) is 37.3 Å². The van der Waals surface area contributed by atoms with Crippen molar-refractivity contribution in [1.29, 1.82) is 0 Å². The third-order valence-electron chi connectivity index (χ3n) is 2.96. The average Bonchev–Trinajstić information content (AvgIpc) is 2.94. The molecule has 22 heavy (non-hydrogen) atoms. The molecule has 1 amide bonds. The molecular formula is C17H14N2O3. The van der Waals surface area contributed by atoms with E-state index in [2.05, 4.69) is 10.5 Å². The van der Waals surface area contributed by atoms with E-state index in [1.165, 1.54) is 0 Å². The van der Waals surface area contributed by atoms with E-state index in [0.717, 1.165) is 5.75 Å². The van der Waals surface area contributed by atoms with Crippen LogP contribution in [-0.4, -0.2) is 11.1 Å². The summed E-state index contributed by atoms with van der Waals surface area (Å²) in [6.07, 6.45) is 0. The molecule has 110 valence electrons. The van der Waals surface area contributed by atoms with Gasteiger partial charge < -0.3 is 9.26 Å². The van der Waals surface area contributed by atoms with E-state index in [4.69, 9.17) is 9.26 Å². The summed E-state index contributed by atoms with van der Waals surface area (Å²) in [7, 11) is 0. The normalized spacial score (nSPS) is 10.2. The number of rotatable bonds is 4. The molecule has 3 rings (SSSR count). The van der Waals surface area contributed by atoms with Crippen LogP contribution in [-0.2, 0) is 0 Å². The van der Waals surface area contributed by atoms with Crippen molar-refractivity contribution >= 4 is 11.8 Å². The number of carbonyl (C=O) groups is 1. The van der Waals surface area contributed by atoms with Crippen LogP contribution in [0.4, 0.5) is 5.88 Å². The van der Waals surface area contributed by atoms with Crippen LogP contribution in [0.15, 0.2) is 65.2 Å². The molecule has 0 fully saturated rings. The molecule has 1 N–H and O–H groups in total. The van der Waals surface area contributed by atoms with Gasteiger partial charge in [0.2, 0.25) is 5.88 Å². The van der Waals surface area contributed by atoms with Gasteiger partial charge in [-0.3, -0.25) is 10.1 Å². The molecule has 0 unspecified atom stereocenters. The number of hydrogen-bond donors (Lipinski definition) is 1. The van der Waals surface area contributed by atoms with Gasteiger partial charge in [-0.05, 0) is 43.3 Å². The minimum atomic E-state index is -0.262. The number of para-hydroxylation sites is 1. The second-order valence-electron chi connectivity index (χ2n) is 4.73. The number of carbonyl (C=O) groups excluding carboxylic acids is 1. The van der Waals surface area contributed by atoms with Gasteiger partial charge in [0, 0.05) is 11.6 Å². The molecule has 5 heteroatoms. The molecule has 0 spiro atoms. The quantitative estimate of drug-likeness (QED) is 0.789. The lowest BCUT2D eigenvalue weighted by atomic mass is 10.2. The van der Waals surface area contributed by atoms with Gasteiger partial charge in [0.1, 0.15) is 11.5 Å². The SMILES string of the molecule is Cc1cc(NC(=O)c2ccc(Oc3ccccc3)cc2)on1. The van der Waals surface area contributed by atoms with Gasteiger partial charge in [-0.15, -0.1) is 0 Å². The van der Waals surface area contributed by atoms with Crippen LogP contribution in [0.25, 0.3) is 0 Å². The lowest BCUT2D eigenvalue weighted by Crippen LogP contribution is -2.11. The third kappa shape index (κ3) is 3.32. The van der Waals surface area contributed by atoms with Crippen molar-refractivity contribution in [2.45, 2.75) is 6.92 Å². The van der Waals surface area contributed by atoms with E-state index < -0.39 is 0 Å². The first-order valence-electron chi connectivity index (χ1n) is 6.78. The zero-order valence-corrected chi connectivity index (χ0v) is 11.9. The largest absolute Gasteiger partial charge is 0.457 e. The van der Waals surface area contributed by atoms with Crippen LogP contribution in [0.2, 0.25) is 0 Å². The maximum absolute atomic E-state index is 12.1. The first-order chi connectivity index (χ1) is 10.7. The zero-order valence-electron chi connectivity index (χ0n) is 11.9. The fourth-order valence-corrected chi connectivity index (χ4v) is 1.91. The Balaban J connectivity index is 1.67. The zero-order chi connectivity index (χ0) is 15.4. The Morgan fingerprint density at radius 1 is 1.05 bits per heavy atom. The summed E-state index contributed by atoms with van der Waals surface area (Å²) in [5.74, 6) is 1.48. The van der Waals surface area contributed by atoms with E-state index >= 15 is 0 Å². The predicted molar refractivity (Wildman–Crippen MR) is 82.2 cm³/mol. The van der Waals surface area contributed by atoms with Gasteiger partial charge in [0.05, 0.1) is 5.69 Å². The molecule has 1 aromatic heterocycles. The molecule has 0 radical (unpaired) electrons. The molecule has 3 aromatic rings. The van der Waals surface area contributed by atoms with Crippen LogP contribution < -0.4 is 10.1 Å². The Labute approximate surface area is 127 Å². The van der Waals surface area contributed by atoms with Crippen LogP contribution in [0.1, 0.15) is 16.1 Å². The van der Waals surface area contributed by atoms with Crippen LogP contribution in [0.5, 0.6) is 11.5 Å². The molecule has 0 bridgehead atoms. The minimum absolute atomic E-state index is 0.262. The first-order valence-corrected chi connectivity index (χ1v) is 6.78. The van der Waals surface area contributed by atoms with Gasteiger partial charge in [-0.2, -0.15) is 0 Å². The highest BCUT2D eigenvalue weighted by atomic mass is 16.5. The first kappa shape index (κ1) is 13.9. The second kappa shape index (κ2) is 6.13. The van der Waals surface area contributed by atoms with Gasteiger partial charge in [-0.25, -0.2) is 0 Å². The Morgan fingerprint density at radius 3 is 2.36 bits per heavy atom. The van der Waals surface area contributed by atoms with E-state index in [1.807, 2.05) is 30.3 Å². The lowest BCUT2D eigenvalue weighted by molar-refractivity contribution is 0.102. The smallest absolute Gasteiger partial charge is 0.258 e. The summed E-state index contributed by atoms with van der Waals surface area (Å²) in [5.41, 5.74) is 1.22. The number of ether oxygens (including phenoxy) is 1. The number of amides is 1. The molecule has 0 saturated heterocycles. The summed E-state index contributed by atoms with van der Waals surface area (Å²) < 4.78 is 10.6. The number of anilines is 1. The van der Waals surface area contributed by atoms with Crippen molar-refractivity contribution in [3.8, 4) is 11.5 Å². The Hall–Kier alpha value is -3.08. The number of aryl methyl sites for hydroxylation is 1. The third-order valence-corrected chi connectivity index (χ3v) is 2.96. The van der Waals surface area contributed by atoms with E-state index in [0.29, 0.717) is 22.9 Å². The molecule has 0 aliphatic carbocycles. The van der Waals surface area contributed by atoms with E-state index in [-0.39, 0.29) is 5.91 Å². The van der Waals surface area contributed by atoms with Gasteiger partial charge in [0.25, 0.3) is 5.91 Å². The number of nitrogens with one attached hydrogen (secondary N) is 1. The highest BCUT2D eigenvalue weighted by molar-refractivity contribution is 6.03. The summed E-state index contributed by atoms with van der Waals surface area (Å²) in [6, 6.07) is 18.0. The molecular weight excluding hydrogens is 280 g/mol. The highest BCUT2D eigenvalue weighted by Gasteiger charge is 2.09. The van der Waals surface area contributed by atoms with Crippen LogP contribution in [0.3, 0.4) is 0 Å². The standard InChI is InChI=1S/C17H14N2O3/c1-12-11-16(22-19-12)18-17(20)13-7-9-15(10-8-13)21-14-5-3-2-4-6-14/h2-11H,1H3,(H,18,20). The fourth-order valence-electron chi connectivity index (χ4n) is 1.91. The van der Waals surface area contributed by atoms with Gasteiger partial charge >= 0.3 is 0 Å². The summed E-state index contributed by atoms with van der Waals surface area (Å²) >= 11 is 0. The molecule has 2 aromatic carbocycles. The van der Waals surface area contributed by atoms with E-state index in [9.17, 15) is 4.79 Å². The summed E-state index contributed by atoms with van der Waals surface area (Å²) in [4.78, 5) is 12.1. The molecule has 0 aliphatic heterocycles. The monoisotopic (exact) mass is 294 g/mol. The summed E-state index contributed by atoms with van der Waals surface area (Å²) in [5, 5.41) is 6.35. The topological polar surface area (TPSA) is 64.4 Å². The lowest BCUT2D eigenvalue weighted by Gasteiger charge is -2.06. The molecule has 0 aliphatic rings. The van der Waals surface area contributed by atoms with Crippen molar-refractivity contribution in [1.82, 2.24) is 5.16 Å². The minimum Gasteiger partial charge on any atom is -0.457 e. The predicted octanol–water partition coefficient (Wildman–Crippen LogP) is 4.03. The summed E-state index contributed by atoms with van der Waals surface area (Å²) in [6.45, 7) is 1.79. The second-order valence-corrected chi connectivity index (χ2v) is 4.73. The Kier molecular flexibility index (Phi) is 3.87. The van der Waals surface area contributed by atoms with Crippen molar-refractivity contribution < 1.29 is 14.1 Å². The highest BCUT2D eigenvalue weighted by Crippen LogP contribution is 2.21. The number of hydrogen-bond acceptors (Lipinski definition) is 4. The van der Waals surface area contributed by atoms with Crippen LogP contribution >= 0.6 is 0 Å². The fraction of sp³-hybridized carbons (Fsp3) is 0.0588. The molecule has 0 atom stereocenters. The van der Waals surface area contributed by atoms with Crippen molar-refractivity contribution in [2.24, 2.45) is 0 Å². The maximum atomic E-state index is 12.1. The van der Waals surface area contributed by atoms with Crippen molar-refractivity contribution in [2.75, 3.05) is 5.32 Å². The molecule has 5 nitrogen and oxygen atoms in total. The van der Waals surface area contributed by atoms with Gasteiger partial charge in [0.15, 0.2) is 0 Å². The molecule has 0 saturated carbocycles. The Bertz CT molecular complexity index is 764. The molecule has 1 heterocycles. The van der Waals surface area contributed by atoms with Gasteiger partial charge in [-0.1, -0.05) is 23.4 Å². The average molecular weight is 294 g/mol.